The molecular formula is C12H16ClN. The fourth-order valence-corrected chi connectivity index (χ4v) is 3.11. The average Bonchev–Trinajstić information content (AvgIpc) is 2.41. The van der Waals surface area contributed by atoms with Crippen LogP contribution in [-0.4, -0.2) is 6.04 Å². The smallest absolute Gasteiger partial charge is 0.00498 e. The van der Waals surface area contributed by atoms with Gasteiger partial charge in [-0.05, 0) is 42.2 Å². The molecule has 1 aromatic carbocycles. The van der Waals surface area contributed by atoms with E-state index in [1.807, 2.05) is 0 Å². The maximum atomic E-state index is 5.87. The fourth-order valence-electron chi connectivity index (χ4n) is 3.11. The zero-order chi connectivity index (χ0) is 8.89. The van der Waals surface area contributed by atoms with Crippen molar-refractivity contribution in [3.8, 4) is 0 Å². The van der Waals surface area contributed by atoms with Crippen molar-refractivity contribution in [2.24, 2.45) is 11.1 Å². The van der Waals surface area contributed by atoms with Crippen LogP contribution in [0, 0.1) is 5.41 Å². The Morgan fingerprint density at radius 2 is 1.57 bits per heavy atom. The van der Waals surface area contributed by atoms with Crippen LogP contribution in [0.1, 0.15) is 24.0 Å². The van der Waals surface area contributed by atoms with E-state index in [1.54, 1.807) is 11.1 Å². The normalized spacial score (nSPS) is 22.6. The summed E-state index contributed by atoms with van der Waals surface area (Å²) in [5, 5.41) is 0. The van der Waals surface area contributed by atoms with Gasteiger partial charge < -0.3 is 5.73 Å². The summed E-state index contributed by atoms with van der Waals surface area (Å²) in [5.74, 6) is 0. The van der Waals surface area contributed by atoms with Gasteiger partial charge in [0.05, 0.1) is 0 Å². The highest BCUT2D eigenvalue weighted by molar-refractivity contribution is 5.85. The highest BCUT2D eigenvalue weighted by atomic mass is 35.5. The average molecular weight is 210 g/mol. The van der Waals surface area contributed by atoms with E-state index in [0.717, 1.165) is 0 Å². The van der Waals surface area contributed by atoms with Crippen LogP contribution in [-0.2, 0) is 12.8 Å². The summed E-state index contributed by atoms with van der Waals surface area (Å²) in [5.41, 5.74) is 9.57. The molecule has 2 aliphatic carbocycles. The van der Waals surface area contributed by atoms with Crippen LogP contribution < -0.4 is 5.73 Å². The predicted octanol–water partition coefficient (Wildman–Crippen LogP) is 2.31. The van der Waals surface area contributed by atoms with E-state index in [2.05, 4.69) is 24.3 Å². The van der Waals surface area contributed by atoms with E-state index in [1.165, 1.54) is 25.7 Å². The van der Waals surface area contributed by atoms with Gasteiger partial charge in [0.15, 0.2) is 0 Å². The first kappa shape index (κ1) is 10.0. The summed E-state index contributed by atoms with van der Waals surface area (Å²) in [6, 6.07) is 9.32. The monoisotopic (exact) mass is 209 g/mol. The third kappa shape index (κ3) is 1.35. The van der Waals surface area contributed by atoms with Crippen LogP contribution in [0.4, 0.5) is 0 Å². The molecule has 0 bridgehead atoms. The Morgan fingerprint density at radius 1 is 1.07 bits per heavy atom. The number of hydrogen-bond donors (Lipinski definition) is 1. The SMILES string of the molecule is Cl.NC1CC2(Cc3ccccc3C2)C1. The lowest BCUT2D eigenvalue weighted by Crippen LogP contribution is -2.46. The Morgan fingerprint density at radius 3 is 2.00 bits per heavy atom. The van der Waals surface area contributed by atoms with E-state index in [0.29, 0.717) is 11.5 Å². The van der Waals surface area contributed by atoms with E-state index in [4.69, 9.17) is 5.73 Å². The molecule has 76 valence electrons. The molecule has 0 heterocycles. The summed E-state index contributed by atoms with van der Waals surface area (Å²) < 4.78 is 0. The molecule has 2 heteroatoms. The van der Waals surface area contributed by atoms with Crippen molar-refractivity contribution in [2.75, 3.05) is 0 Å². The number of nitrogens with two attached hydrogens (primary N) is 1. The molecule has 0 aliphatic heterocycles. The lowest BCUT2D eigenvalue weighted by Gasteiger charge is -2.43. The van der Waals surface area contributed by atoms with Crippen molar-refractivity contribution < 1.29 is 0 Å². The van der Waals surface area contributed by atoms with Crippen molar-refractivity contribution >= 4 is 12.4 Å². The molecule has 1 fully saturated rings. The van der Waals surface area contributed by atoms with Crippen LogP contribution in [0.5, 0.6) is 0 Å². The van der Waals surface area contributed by atoms with Gasteiger partial charge in [-0.2, -0.15) is 0 Å². The second kappa shape index (κ2) is 3.25. The summed E-state index contributed by atoms with van der Waals surface area (Å²) in [7, 11) is 0. The number of rotatable bonds is 0. The van der Waals surface area contributed by atoms with Crippen LogP contribution in [0.2, 0.25) is 0 Å². The Balaban J connectivity index is 0.000000750. The summed E-state index contributed by atoms with van der Waals surface area (Å²) >= 11 is 0. The minimum Gasteiger partial charge on any atom is -0.328 e. The molecule has 3 rings (SSSR count). The molecule has 1 spiro atoms. The van der Waals surface area contributed by atoms with Gasteiger partial charge in [0.25, 0.3) is 0 Å². The minimum absolute atomic E-state index is 0. The molecule has 14 heavy (non-hydrogen) atoms. The molecule has 1 nitrogen and oxygen atoms in total. The molecule has 1 saturated carbocycles. The van der Waals surface area contributed by atoms with Crippen LogP contribution in [0.3, 0.4) is 0 Å². The first-order chi connectivity index (χ1) is 6.27. The maximum Gasteiger partial charge on any atom is 0.00498 e. The van der Waals surface area contributed by atoms with Gasteiger partial charge in [-0.3, -0.25) is 0 Å². The highest BCUT2D eigenvalue weighted by Crippen LogP contribution is 2.50. The van der Waals surface area contributed by atoms with Crippen molar-refractivity contribution in [3.63, 3.8) is 0 Å². The Bertz CT molecular complexity index is 315. The third-order valence-electron chi connectivity index (χ3n) is 3.64. The van der Waals surface area contributed by atoms with E-state index < -0.39 is 0 Å². The Labute approximate surface area is 91.1 Å². The minimum atomic E-state index is 0. The zero-order valence-electron chi connectivity index (χ0n) is 8.20. The lowest BCUT2D eigenvalue weighted by atomic mass is 9.64. The largest absolute Gasteiger partial charge is 0.328 e. The molecular weight excluding hydrogens is 194 g/mol. The molecule has 2 N–H and O–H groups in total. The molecule has 0 radical (unpaired) electrons. The predicted molar refractivity (Wildman–Crippen MR) is 60.7 cm³/mol. The van der Waals surface area contributed by atoms with Gasteiger partial charge in [0, 0.05) is 6.04 Å². The quantitative estimate of drug-likeness (QED) is 0.698. The maximum absolute atomic E-state index is 5.87. The van der Waals surface area contributed by atoms with Gasteiger partial charge in [0.1, 0.15) is 0 Å². The standard InChI is InChI=1S/C12H15N.ClH/c13-11-7-12(8-11)5-9-3-1-2-4-10(9)6-12;/h1-4,11H,5-8,13H2;1H. The van der Waals surface area contributed by atoms with Crippen LogP contribution in [0.15, 0.2) is 24.3 Å². The lowest BCUT2D eigenvalue weighted by molar-refractivity contribution is 0.118. The van der Waals surface area contributed by atoms with Crippen molar-refractivity contribution in [1.82, 2.24) is 0 Å². The summed E-state index contributed by atoms with van der Waals surface area (Å²) in [4.78, 5) is 0. The number of halogens is 1. The Kier molecular flexibility index (Phi) is 2.32. The third-order valence-corrected chi connectivity index (χ3v) is 3.64. The number of fused-ring (bicyclic) bond motifs is 1. The van der Waals surface area contributed by atoms with Crippen molar-refractivity contribution in [2.45, 2.75) is 31.7 Å². The van der Waals surface area contributed by atoms with E-state index >= 15 is 0 Å². The van der Waals surface area contributed by atoms with Crippen LogP contribution >= 0.6 is 12.4 Å². The first-order valence-electron chi connectivity index (χ1n) is 5.10. The molecule has 0 saturated heterocycles. The molecule has 0 atom stereocenters. The second-order valence-electron chi connectivity index (χ2n) is 4.79. The first-order valence-corrected chi connectivity index (χ1v) is 5.10. The van der Waals surface area contributed by atoms with Crippen molar-refractivity contribution in [3.05, 3.63) is 35.4 Å². The molecule has 1 aromatic rings. The summed E-state index contributed by atoms with van der Waals surface area (Å²) in [6.45, 7) is 0. The van der Waals surface area contributed by atoms with E-state index in [-0.39, 0.29) is 12.4 Å². The van der Waals surface area contributed by atoms with Crippen LogP contribution in [0.25, 0.3) is 0 Å². The van der Waals surface area contributed by atoms with Gasteiger partial charge in [-0.25, -0.2) is 0 Å². The van der Waals surface area contributed by atoms with Gasteiger partial charge >= 0.3 is 0 Å². The van der Waals surface area contributed by atoms with E-state index in [9.17, 15) is 0 Å². The second-order valence-corrected chi connectivity index (χ2v) is 4.79. The number of hydrogen-bond acceptors (Lipinski definition) is 1. The summed E-state index contributed by atoms with van der Waals surface area (Å²) in [6.07, 6.45) is 5.02. The fraction of sp³-hybridized carbons (Fsp3) is 0.500. The van der Waals surface area contributed by atoms with Gasteiger partial charge in [-0.1, -0.05) is 24.3 Å². The zero-order valence-corrected chi connectivity index (χ0v) is 9.02. The molecule has 0 amide bonds. The Hall–Kier alpha value is -0.530. The molecule has 0 aromatic heterocycles. The highest BCUT2D eigenvalue weighted by Gasteiger charge is 2.45. The molecule has 0 unspecified atom stereocenters. The van der Waals surface area contributed by atoms with Gasteiger partial charge in [0.2, 0.25) is 0 Å². The number of benzene rings is 1. The topological polar surface area (TPSA) is 26.0 Å². The van der Waals surface area contributed by atoms with Crippen molar-refractivity contribution in [1.29, 1.82) is 0 Å². The molecule has 2 aliphatic rings. The van der Waals surface area contributed by atoms with Gasteiger partial charge in [-0.15, -0.1) is 12.4 Å².